The van der Waals surface area contributed by atoms with Gasteiger partial charge in [0, 0.05) is 6.54 Å². The highest BCUT2D eigenvalue weighted by Gasteiger charge is 2.31. The van der Waals surface area contributed by atoms with E-state index in [0.717, 1.165) is 6.54 Å². The number of nitrogens with one attached hydrogen (secondary N) is 1. The van der Waals surface area contributed by atoms with Crippen molar-refractivity contribution in [2.24, 2.45) is 5.41 Å². The van der Waals surface area contributed by atoms with Gasteiger partial charge in [0.15, 0.2) is 0 Å². The lowest BCUT2D eigenvalue weighted by Crippen LogP contribution is -2.31. The van der Waals surface area contributed by atoms with E-state index in [0.29, 0.717) is 17.7 Å². The van der Waals surface area contributed by atoms with Crippen molar-refractivity contribution in [1.82, 2.24) is 5.32 Å². The van der Waals surface area contributed by atoms with Crippen molar-refractivity contribution in [2.45, 2.75) is 45.6 Å². The summed E-state index contributed by atoms with van der Waals surface area (Å²) in [4.78, 5) is 10.7. The normalized spacial score (nSPS) is 18.1. The van der Waals surface area contributed by atoms with E-state index in [1.807, 2.05) is 0 Å². The molecule has 2 N–H and O–H groups in total. The number of rotatable bonds is 6. The minimum absolute atomic E-state index is 0.0119. The molecule has 1 aliphatic rings. The minimum atomic E-state index is -1.01. The smallest absolute Gasteiger partial charge is 0.371 e. The molecule has 0 amide bonds. The number of carboxylic acid groups (broad SMARTS) is 1. The predicted octanol–water partition coefficient (Wildman–Crippen LogP) is 3.04. The molecular weight excluding hydrogens is 230 g/mol. The van der Waals surface area contributed by atoms with Crippen LogP contribution < -0.4 is 5.32 Å². The molecule has 0 aliphatic heterocycles. The van der Waals surface area contributed by atoms with E-state index in [2.05, 4.69) is 12.2 Å². The first-order chi connectivity index (χ1) is 8.65. The fourth-order valence-electron chi connectivity index (χ4n) is 2.82. The van der Waals surface area contributed by atoms with Gasteiger partial charge in [-0.3, -0.25) is 0 Å². The van der Waals surface area contributed by atoms with Crippen molar-refractivity contribution >= 4 is 5.97 Å². The van der Waals surface area contributed by atoms with Crippen LogP contribution >= 0.6 is 0 Å². The lowest BCUT2D eigenvalue weighted by atomic mass is 9.83. The van der Waals surface area contributed by atoms with Crippen LogP contribution in [0.1, 0.15) is 55.3 Å². The predicted molar refractivity (Wildman–Crippen MR) is 68.6 cm³/mol. The minimum Gasteiger partial charge on any atom is -0.475 e. The lowest BCUT2D eigenvalue weighted by molar-refractivity contribution is 0.0660. The van der Waals surface area contributed by atoms with Gasteiger partial charge in [-0.25, -0.2) is 4.79 Å². The Hall–Kier alpha value is -1.29. The average molecular weight is 251 g/mol. The summed E-state index contributed by atoms with van der Waals surface area (Å²) in [6.07, 6.45) is 6.47. The number of carboxylic acids is 1. The van der Waals surface area contributed by atoms with E-state index in [-0.39, 0.29) is 5.76 Å². The third kappa shape index (κ3) is 2.93. The Morgan fingerprint density at radius 3 is 2.72 bits per heavy atom. The molecule has 0 bridgehead atoms. The summed E-state index contributed by atoms with van der Waals surface area (Å²) in [7, 11) is 0. The Bertz CT molecular complexity index is 405. The molecule has 1 aromatic rings. The first kappa shape index (κ1) is 13.1. The van der Waals surface area contributed by atoms with Gasteiger partial charge in [0.05, 0.1) is 6.54 Å². The van der Waals surface area contributed by atoms with Crippen molar-refractivity contribution in [1.29, 1.82) is 0 Å². The van der Waals surface area contributed by atoms with Crippen molar-refractivity contribution in [2.75, 3.05) is 6.54 Å². The monoisotopic (exact) mass is 251 g/mol. The topological polar surface area (TPSA) is 62.5 Å². The highest BCUT2D eigenvalue weighted by Crippen LogP contribution is 2.40. The van der Waals surface area contributed by atoms with Crippen molar-refractivity contribution in [3.05, 3.63) is 23.7 Å². The van der Waals surface area contributed by atoms with Crippen molar-refractivity contribution < 1.29 is 14.3 Å². The van der Waals surface area contributed by atoms with E-state index in [1.165, 1.54) is 38.2 Å². The molecule has 1 saturated carbocycles. The van der Waals surface area contributed by atoms with Crippen LogP contribution in [0.5, 0.6) is 0 Å². The summed E-state index contributed by atoms with van der Waals surface area (Å²) < 4.78 is 5.21. The van der Waals surface area contributed by atoms with Gasteiger partial charge in [0.2, 0.25) is 5.76 Å². The van der Waals surface area contributed by atoms with Crippen LogP contribution in [-0.4, -0.2) is 17.6 Å². The summed E-state index contributed by atoms with van der Waals surface area (Å²) in [5, 5.41) is 12.2. The van der Waals surface area contributed by atoms with Crippen LogP contribution in [0.15, 0.2) is 16.5 Å². The number of carbonyl (C=O) groups is 1. The number of hydrogen-bond acceptors (Lipinski definition) is 3. The number of aromatic carboxylic acids is 1. The van der Waals surface area contributed by atoms with Crippen LogP contribution in [0.2, 0.25) is 0 Å². The molecule has 1 fully saturated rings. The zero-order valence-corrected chi connectivity index (χ0v) is 10.9. The summed E-state index contributed by atoms with van der Waals surface area (Å²) >= 11 is 0. The molecule has 18 heavy (non-hydrogen) atoms. The Kier molecular flexibility index (Phi) is 4.07. The van der Waals surface area contributed by atoms with Crippen LogP contribution in [0.3, 0.4) is 0 Å². The molecule has 4 heteroatoms. The largest absolute Gasteiger partial charge is 0.475 e. The van der Waals surface area contributed by atoms with Crippen molar-refractivity contribution in [3.8, 4) is 0 Å². The molecular formula is C14H21NO3. The third-order valence-corrected chi connectivity index (χ3v) is 4.09. The second-order valence-electron chi connectivity index (χ2n) is 5.24. The van der Waals surface area contributed by atoms with Gasteiger partial charge < -0.3 is 14.8 Å². The maximum atomic E-state index is 10.7. The second kappa shape index (κ2) is 5.57. The zero-order chi connectivity index (χ0) is 13.0. The van der Waals surface area contributed by atoms with E-state index >= 15 is 0 Å². The summed E-state index contributed by atoms with van der Waals surface area (Å²) in [5.74, 6) is -0.309. The second-order valence-corrected chi connectivity index (χ2v) is 5.24. The van der Waals surface area contributed by atoms with E-state index in [4.69, 9.17) is 9.52 Å². The standard InChI is InChI=1S/C14H21NO3/c1-2-14(7-3-4-8-14)10-15-9-11-5-6-12(18-11)13(16)17/h5-6,15H,2-4,7-10H2,1H3,(H,16,17). The van der Waals surface area contributed by atoms with Gasteiger partial charge in [-0.1, -0.05) is 19.8 Å². The fourth-order valence-corrected chi connectivity index (χ4v) is 2.82. The lowest BCUT2D eigenvalue weighted by Gasteiger charge is -2.27. The van der Waals surface area contributed by atoms with E-state index in [1.54, 1.807) is 6.07 Å². The Labute approximate surface area is 107 Å². The van der Waals surface area contributed by atoms with Crippen LogP contribution in [0.25, 0.3) is 0 Å². The highest BCUT2D eigenvalue weighted by atomic mass is 16.4. The Balaban J connectivity index is 1.82. The summed E-state index contributed by atoms with van der Waals surface area (Å²) in [5.41, 5.74) is 0.447. The summed E-state index contributed by atoms with van der Waals surface area (Å²) in [6, 6.07) is 3.23. The zero-order valence-electron chi connectivity index (χ0n) is 10.9. The summed E-state index contributed by atoms with van der Waals surface area (Å²) in [6.45, 7) is 3.85. The van der Waals surface area contributed by atoms with Crippen LogP contribution in [-0.2, 0) is 6.54 Å². The molecule has 100 valence electrons. The highest BCUT2D eigenvalue weighted by molar-refractivity contribution is 5.84. The van der Waals surface area contributed by atoms with Gasteiger partial charge in [-0.05, 0) is 36.8 Å². The molecule has 0 spiro atoms. The Morgan fingerprint density at radius 2 is 2.17 bits per heavy atom. The molecule has 0 radical (unpaired) electrons. The molecule has 0 atom stereocenters. The Morgan fingerprint density at radius 1 is 1.44 bits per heavy atom. The maximum absolute atomic E-state index is 10.7. The molecule has 1 aliphatic carbocycles. The molecule has 1 aromatic heterocycles. The molecule has 2 rings (SSSR count). The number of hydrogen-bond donors (Lipinski definition) is 2. The van der Waals surface area contributed by atoms with Gasteiger partial charge in [0.1, 0.15) is 5.76 Å². The van der Waals surface area contributed by atoms with E-state index < -0.39 is 5.97 Å². The van der Waals surface area contributed by atoms with E-state index in [9.17, 15) is 4.79 Å². The quantitative estimate of drug-likeness (QED) is 0.815. The maximum Gasteiger partial charge on any atom is 0.371 e. The average Bonchev–Trinajstić information content (AvgIpc) is 2.98. The SMILES string of the molecule is CCC1(CNCc2ccc(C(=O)O)o2)CCCC1. The molecule has 0 saturated heterocycles. The van der Waals surface area contributed by atoms with Gasteiger partial charge in [-0.2, -0.15) is 0 Å². The molecule has 1 heterocycles. The molecule has 0 unspecified atom stereocenters. The van der Waals surface area contributed by atoms with Gasteiger partial charge in [-0.15, -0.1) is 0 Å². The first-order valence-corrected chi connectivity index (χ1v) is 6.68. The van der Waals surface area contributed by atoms with Gasteiger partial charge >= 0.3 is 5.97 Å². The van der Waals surface area contributed by atoms with Gasteiger partial charge in [0.25, 0.3) is 0 Å². The third-order valence-electron chi connectivity index (χ3n) is 4.09. The fraction of sp³-hybridized carbons (Fsp3) is 0.643. The van der Waals surface area contributed by atoms with Crippen LogP contribution in [0, 0.1) is 5.41 Å². The van der Waals surface area contributed by atoms with Crippen LogP contribution in [0.4, 0.5) is 0 Å². The first-order valence-electron chi connectivity index (χ1n) is 6.68. The van der Waals surface area contributed by atoms with Crippen molar-refractivity contribution in [3.63, 3.8) is 0 Å². The molecule has 4 nitrogen and oxygen atoms in total. The number of furan rings is 1. The molecule has 0 aromatic carbocycles.